The molecule has 0 bridgehead atoms. The standard InChI is InChI=1S/C27H25N3O3/c1-3-5-22(16-26(31)32)20-8-10-24(11-9-20)33-18-23-7-6-21-12-15-30(27(21)19(23)2)17-25-28-13-4-14-29-25/h4,6-15,22H,16-18H2,1-2H3,(H,31,32)/t22-/m0/s1. The molecular weight excluding hydrogens is 414 g/mol. The molecule has 2 heterocycles. The number of carboxylic acid groups (broad SMARTS) is 1. The first-order valence-corrected chi connectivity index (χ1v) is 10.7. The van der Waals surface area contributed by atoms with Gasteiger partial charge in [0.05, 0.1) is 24.4 Å². The quantitative estimate of drug-likeness (QED) is 0.393. The van der Waals surface area contributed by atoms with E-state index >= 15 is 0 Å². The van der Waals surface area contributed by atoms with E-state index in [1.54, 1.807) is 19.3 Å². The van der Waals surface area contributed by atoms with E-state index in [1.165, 1.54) is 0 Å². The van der Waals surface area contributed by atoms with E-state index in [4.69, 9.17) is 9.84 Å². The lowest BCUT2D eigenvalue weighted by Gasteiger charge is -2.13. The summed E-state index contributed by atoms with van der Waals surface area (Å²) < 4.78 is 8.21. The fourth-order valence-electron chi connectivity index (χ4n) is 3.93. The summed E-state index contributed by atoms with van der Waals surface area (Å²) in [4.78, 5) is 19.8. The number of hydrogen-bond acceptors (Lipinski definition) is 4. The van der Waals surface area contributed by atoms with Gasteiger partial charge in [-0.2, -0.15) is 0 Å². The molecule has 4 aromatic rings. The number of benzene rings is 2. The summed E-state index contributed by atoms with van der Waals surface area (Å²) in [6, 6.07) is 15.6. The Bertz CT molecular complexity index is 1320. The van der Waals surface area contributed by atoms with Crippen molar-refractivity contribution in [1.82, 2.24) is 14.5 Å². The molecule has 0 aliphatic carbocycles. The lowest BCUT2D eigenvalue weighted by Crippen LogP contribution is -2.05. The van der Waals surface area contributed by atoms with Crippen molar-refractivity contribution in [1.29, 1.82) is 0 Å². The molecule has 0 saturated carbocycles. The number of hydrogen-bond donors (Lipinski definition) is 1. The minimum absolute atomic E-state index is 0.0199. The highest BCUT2D eigenvalue weighted by molar-refractivity contribution is 5.84. The van der Waals surface area contributed by atoms with Crippen molar-refractivity contribution in [2.45, 2.75) is 39.3 Å². The molecule has 166 valence electrons. The van der Waals surface area contributed by atoms with Crippen LogP contribution in [0.25, 0.3) is 10.9 Å². The Morgan fingerprint density at radius 3 is 2.58 bits per heavy atom. The number of ether oxygens (including phenoxy) is 1. The zero-order valence-electron chi connectivity index (χ0n) is 18.7. The lowest BCUT2D eigenvalue weighted by atomic mass is 9.96. The van der Waals surface area contributed by atoms with Crippen LogP contribution < -0.4 is 4.74 Å². The van der Waals surface area contributed by atoms with Gasteiger partial charge < -0.3 is 14.4 Å². The molecule has 4 rings (SSSR count). The van der Waals surface area contributed by atoms with Crippen molar-refractivity contribution < 1.29 is 14.6 Å². The molecule has 2 aromatic carbocycles. The van der Waals surface area contributed by atoms with Crippen LogP contribution in [0.1, 0.15) is 41.8 Å². The average molecular weight is 440 g/mol. The van der Waals surface area contributed by atoms with Gasteiger partial charge in [0.1, 0.15) is 18.2 Å². The average Bonchev–Trinajstić information content (AvgIpc) is 3.22. The predicted octanol–water partition coefficient (Wildman–Crippen LogP) is 4.95. The third-order valence-corrected chi connectivity index (χ3v) is 5.60. The number of carbonyl (C=O) groups is 1. The Morgan fingerprint density at radius 1 is 1.12 bits per heavy atom. The molecule has 0 fully saturated rings. The minimum atomic E-state index is -0.863. The largest absolute Gasteiger partial charge is 0.489 e. The molecule has 0 spiro atoms. The monoisotopic (exact) mass is 439 g/mol. The van der Waals surface area contributed by atoms with Gasteiger partial charge >= 0.3 is 5.97 Å². The van der Waals surface area contributed by atoms with Gasteiger partial charge in [0, 0.05) is 18.6 Å². The fraction of sp³-hybridized carbons (Fsp3) is 0.222. The van der Waals surface area contributed by atoms with E-state index < -0.39 is 5.97 Å². The van der Waals surface area contributed by atoms with Crippen LogP contribution in [0.15, 0.2) is 67.1 Å². The molecule has 2 aromatic heterocycles. The Kier molecular flexibility index (Phi) is 6.70. The molecule has 1 atom stereocenters. The maximum atomic E-state index is 11.1. The Hall–Kier alpha value is -4.11. The highest BCUT2D eigenvalue weighted by Gasteiger charge is 2.14. The molecule has 0 saturated heterocycles. The van der Waals surface area contributed by atoms with Crippen molar-refractivity contribution in [2.24, 2.45) is 0 Å². The third kappa shape index (κ3) is 5.21. The van der Waals surface area contributed by atoms with Crippen LogP contribution in [0.4, 0.5) is 0 Å². The summed E-state index contributed by atoms with van der Waals surface area (Å²) in [5.74, 6) is 6.09. The zero-order valence-corrected chi connectivity index (χ0v) is 18.7. The zero-order chi connectivity index (χ0) is 23.2. The van der Waals surface area contributed by atoms with Crippen LogP contribution in [0, 0.1) is 18.8 Å². The minimum Gasteiger partial charge on any atom is -0.489 e. The number of aliphatic carboxylic acids is 1. The van der Waals surface area contributed by atoms with Crippen LogP contribution in [-0.4, -0.2) is 25.6 Å². The second kappa shape index (κ2) is 10.0. The molecular formula is C27H25N3O3. The maximum Gasteiger partial charge on any atom is 0.304 e. The van der Waals surface area contributed by atoms with Gasteiger partial charge in [-0.15, -0.1) is 5.92 Å². The Balaban J connectivity index is 1.50. The lowest BCUT2D eigenvalue weighted by molar-refractivity contribution is -0.137. The molecule has 0 amide bonds. The second-order valence-electron chi connectivity index (χ2n) is 7.80. The van der Waals surface area contributed by atoms with E-state index in [2.05, 4.69) is 57.7 Å². The summed E-state index contributed by atoms with van der Waals surface area (Å²) in [5, 5.41) is 10.3. The highest BCUT2D eigenvalue weighted by Crippen LogP contribution is 2.26. The van der Waals surface area contributed by atoms with Gasteiger partial charge in [0.25, 0.3) is 0 Å². The SMILES string of the molecule is CC#C[C@@H](CC(=O)O)c1ccc(OCc2ccc3ccn(Cc4ncccn4)c3c2C)cc1. The first kappa shape index (κ1) is 22.1. The van der Waals surface area contributed by atoms with Gasteiger partial charge in [-0.25, -0.2) is 9.97 Å². The van der Waals surface area contributed by atoms with E-state index in [0.29, 0.717) is 13.2 Å². The van der Waals surface area contributed by atoms with Gasteiger partial charge in [-0.3, -0.25) is 4.79 Å². The summed E-state index contributed by atoms with van der Waals surface area (Å²) in [7, 11) is 0. The normalized spacial score (nSPS) is 11.6. The molecule has 0 unspecified atom stereocenters. The molecule has 6 nitrogen and oxygen atoms in total. The third-order valence-electron chi connectivity index (χ3n) is 5.60. The molecule has 6 heteroatoms. The predicted molar refractivity (Wildman–Crippen MR) is 127 cm³/mol. The van der Waals surface area contributed by atoms with Crippen LogP contribution in [0.3, 0.4) is 0 Å². The summed E-state index contributed by atoms with van der Waals surface area (Å²) >= 11 is 0. The van der Waals surface area contributed by atoms with Crippen molar-refractivity contribution in [3.05, 3.63) is 89.6 Å². The Labute approximate surface area is 192 Å². The highest BCUT2D eigenvalue weighted by atomic mass is 16.5. The number of aromatic nitrogens is 3. The smallest absolute Gasteiger partial charge is 0.304 e. The molecule has 0 radical (unpaired) electrons. The van der Waals surface area contributed by atoms with Crippen LogP contribution in [0.5, 0.6) is 5.75 Å². The van der Waals surface area contributed by atoms with Crippen LogP contribution in [-0.2, 0) is 17.9 Å². The van der Waals surface area contributed by atoms with E-state index in [-0.39, 0.29) is 12.3 Å². The van der Waals surface area contributed by atoms with Crippen molar-refractivity contribution >= 4 is 16.9 Å². The fourth-order valence-corrected chi connectivity index (χ4v) is 3.93. The van der Waals surface area contributed by atoms with Gasteiger partial charge in [-0.1, -0.05) is 30.2 Å². The first-order chi connectivity index (χ1) is 16.0. The van der Waals surface area contributed by atoms with E-state index in [0.717, 1.165) is 39.2 Å². The summed E-state index contributed by atoms with van der Waals surface area (Å²) in [6.45, 7) is 4.86. The molecule has 0 aliphatic heterocycles. The number of nitrogens with zero attached hydrogens (tertiary/aromatic N) is 3. The van der Waals surface area contributed by atoms with Crippen molar-refractivity contribution in [2.75, 3.05) is 0 Å². The summed E-state index contributed by atoms with van der Waals surface area (Å²) in [5.41, 5.74) is 4.28. The van der Waals surface area contributed by atoms with Crippen LogP contribution >= 0.6 is 0 Å². The van der Waals surface area contributed by atoms with Crippen molar-refractivity contribution in [3.63, 3.8) is 0 Å². The van der Waals surface area contributed by atoms with Gasteiger partial charge in [0.2, 0.25) is 0 Å². The first-order valence-electron chi connectivity index (χ1n) is 10.7. The van der Waals surface area contributed by atoms with E-state index in [1.807, 2.05) is 30.3 Å². The number of carboxylic acids is 1. The maximum absolute atomic E-state index is 11.1. The Morgan fingerprint density at radius 2 is 1.88 bits per heavy atom. The number of rotatable bonds is 8. The summed E-state index contributed by atoms with van der Waals surface area (Å²) in [6.07, 6.45) is 5.55. The van der Waals surface area contributed by atoms with Gasteiger partial charge in [-0.05, 0) is 60.2 Å². The second-order valence-corrected chi connectivity index (χ2v) is 7.80. The molecule has 33 heavy (non-hydrogen) atoms. The van der Waals surface area contributed by atoms with E-state index in [9.17, 15) is 4.79 Å². The number of fused-ring (bicyclic) bond motifs is 1. The molecule has 1 N–H and O–H groups in total. The van der Waals surface area contributed by atoms with Crippen molar-refractivity contribution in [3.8, 4) is 17.6 Å². The number of aryl methyl sites for hydroxylation is 1. The molecule has 0 aliphatic rings. The topological polar surface area (TPSA) is 77.2 Å². The van der Waals surface area contributed by atoms with Gasteiger partial charge in [0.15, 0.2) is 0 Å². The van der Waals surface area contributed by atoms with Crippen LogP contribution in [0.2, 0.25) is 0 Å².